The van der Waals surface area contributed by atoms with E-state index in [0.717, 1.165) is 4.47 Å². The summed E-state index contributed by atoms with van der Waals surface area (Å²) in [5.74, 6) is 0.358. The van der Waals surface area contributed by atoms with Crippen molar-refractivity contribution in [2.45, 2.75) is 6.54 Å². The number of hydrogen-bond acceptors (Lipinski definition) is 4. The van der Waals surface area contributed by atoms with E-state index in [0.29, 0.717) is 22.5 Å². The van der Waals surface area contributed by atoms with Gasteiger partial charge in [-0.2, -0.15) is 0 Å². The number of nitrogen functional groups attached to an aromatic ring is 1. The zero-order chi connectivity index (χ0) is 12.4. The van der Waals surface area contributed by atoms with Gasteiger partial charge in [-0.25, -0.2) is 4.98 Å². The molecule has 0 radical (unpaired) electrons. The molecule has 0 aromatic carbocycles. The molecule has 0 saturated heterocycles. The van der Waals surface area contributed by atoms with Crippen LogP contribution in [-0.4, -0.2) is 14.5 Å². The second-order valence-corrected chi connectivity index (χ2v) is 5.14. The van der Waals surface area contributed by atoms with Crippen molar-refractivity contribution in [3.63, 3.8) is 0 Å². The molecule has 7 heteroatoms. The first-order chi connectivity index (χ1) is 8.06. The van der Waals surface area contributed by atoms with E-state index in [2.05, 4.69) is 41.8 Å². The van der Waals surface area contributed by atoms with Crippen molar-refractivity contribution < 1.29 is 0 Å². The Kier molecular flexibility index (Phi) is 3.58. The SMILES string of the molecule is Nc1cnc(Cn2cc(Br)cc(Br)c2=O)cn1. The zero-order valence-corrected chi connectivity index (χ0v) is 11.8. The number of hydrogen-bond donors (Lipinski definition) is 1. The Morgan fingerprint density at radius 3 is 2.71 bits per heavy atom. The lowest BCUT2D eigenvalue weighted by molar-refractivity contribution is 0.729. The number of nitrogens with two attached hydrogens (primary N) is 1. The number of halogens is 2. The molecule has 0 bridgehead atoms. The Labute approximate surface area is 114 Å². The molecule has 2 aromatic rings. The normalized spacial score (nSPS) is 10.5. The Hall–Kier alpha value is -1.21. The third-order valence-electron chi connectivity index (χ3n) is 2.07. The van der Waals surface area contributed by atoms with Gasteiger partial charge in [-0.15, -0.1) is 0 Å². The summed E-state index contributed by atoms with van der Waals surface area (Å²) in [6.07, 6.45) is 4.72. The van der Waals surface area contributed by atoms with Crippen LogP contribution in [0.4, 0.5) is 5.82 Å². The molecule has 0 spiro atoms. The Morgan fingerprint density at radius 2 is 2.06 bits per heavy atom. The number of anilines is 1. The molecule has 0 atom stereocenters. The number of rotatable bonds is 2. The van der Waals surface area contributed by atoms with Gasteiger partial charge in [0.05, 0.1) is 29.1 Å². The van der Waals surface area contributed by atoms with E-state index in [1.807, 2.05) is 0 Å². The van der Waals surface area contributed by atoms with Crippen LogP contribution in [0.15, 0.2) is 38.4 Å². The van der Waals surface area contributed by atoms with Crippen molar-refractivity contribution in [3.05, 3.63) is 49.7 Å². The summed E-state index contributed by atoms with van der Waals surface area (Å²) in [7, 11) is 0. The van der Waals surface area contributed by atoms with E-state index >= 15 is 0 Å². The van der Waals surface area contributed by atoms with Crippen LogP contribution in [0.5, 0.6) is 0 Å². The van der Waals surface area contributed by atoms with E-state index in [1.54, 1.807) is 18.5 Å². The standard InChI is InChI=1S/C10H8Br2N4O/c11-6-1-8(12)10(17)16(4-6)5-7-2-15-9(13)3-14-7/h1-4H,5H2,(H2,13,15). The van der Waals surface area contributed by atoms with Gasteiger partial charge in [0.1, 0.15) is 5.82 Å². The lowest BCUT2D eigenvalue weighted by Gasteiger charge is -2.06. The first-order valence-electron chi connectivity index (χ1n) is 4.68. The van der Waals surface area contributed by atoms with Gasteiger partial charge in [0.25, 0.3) is 5.56 Å². The van der Waals surface area contributed by atoms with Crippen molar-refractivity contribution in [3.8, 4) is 0 Å². The number of pyridine rings is 1. The van der Waals surface area contributed by atoms with E-state index in [1.165, 1.54) is 10.8 Å². The first kappa shape index (κ1) is 12.3. The monoisotopic (exact) mass is 358 g/mol. The highest BCUT2D eigenvalue weighted by Gasteiger charge is 2.04. The fourth-order valence-electron chi connectivity index (χ4n) is 1.30. The van der Waals surface area contributed by atoms with Crippen LogP contribution in [0.3, 0.4) is 0 Å². The van der Waals surface area contributed by atoms with Crippen LogP contribution < -0.4 is 11.3 Å². The summed E-state index contributed by atoms with van der Waals surface area (Å²) in [6, 6.07) is 1.70. The summed E-state index contributed by atoms with van der Waals surface area (Å²) < 4.78 is 2.84. The molecule has 0 aliphatic rings. The van der Waals surface area contributed by atoms with Crippen molar-refractivity contribution >= 4 is 37.7 Å². The van der Waals surface area contributed by atoms with Crippen LogP contribution in [0.2, 0.25) is 0 Å². The molecule has 2 rings (SSSR count). The minimum atomic E-state index is -0.119. The number of nitrogens with zero attached hydrogens (tertiary/aromatic N) is 3. The molecular formula is C10H8Br2N4O. The van der Waals surface area contributed by atoms with Gasteiger partial charge in [0.15, 0.2) is 0 Å². The molecule has 17 heavy (non-hydrogen) atoms. The lowest BCUT2D eigenvalue weighted by atomic mass is 10.4. The first-order valence-corrected chi connectivity index (χ1v) is 6.27. The lowest BCUT2D eigenvalue weighted by Crippen LogP contribution is -2.21. The topological polar surface area (TPSA) is 73.8 Å². The van der Waals surface area contributed by atoms with Gasteiger partial charge >= 0.3 is 0 Å². The summed E-state index contributed by atoms with van der Waals surface area (Å²) in [4.78, 5) is 19.8. The molecule has 0 aliphatic heterocycles. The third-order valence-corrected chi connectivity index (χ3v) is 3.07. The Balaban J connectivity index is 2.36. The molecule has 0 saturated carbocycles. The molecule has 0 aliphatic carbocycles. The summed E-state index contributed by atoms with van der Waals surface area (Å²) in [5, 5.41) is 0. The summed E-state index contributed by atoms with van der Waals surface area (Å²) in [5.41, 5.74) is 5.99. The van der Waals surface area contributed by atoms with E-state index < -0.39 is 0 Å². The maximum atomic E-state index is 11.8. The Morgan fingerprint density at radius 1 is 1.29 bits per heavy atom. The second kappa shape index (κ2) is 4.97. The highest BCUT2D eigenvalue weighted by atomic mass is 79.9. The van der Waals surface area contributed by atoms with Crippen molar-refractivity contribution in [1.29, 1.82) is 0 Å². The highest BCUT2D eigenvalue weighted by molar-refractivity contribution is 9.11. The van der Waals surface area contributed by atoms with E-state index in [-0.39, 0.29) is 5.56 Å². The van der Waals surface area contributed by atoms with E-state index in [4.69, 9.17) is 5.73 Å². The van der Waals surface area contributed by atoms with Crippen molar-refractivity contribution in [1.82, 2.24) is 14.5 Å². The van der Waals surface area contributed by atoms with Gasteiger partial charge in [0.2, 0.25) is 0 Å². The average Bonchev–Trinajstić information content (AvgIpc) is 2.28. The molecule has 0 fully saturated rings. The van der Waals surface area contributed by atoms with Crippen molar-refractivity contribution in [2.75, 3.05) is 5.73 Å². The predicted molar refractivity (Wildman–Crippen MR) is 71.6 cm³/mol. The minimum absolute atomic E-state index is 0.119. The summed E-state index contributed by atoms with van der Waals surface area (Å²) in [6.45, 7) is 0.351. The second-order valence-electron chi connectivity index (χ2n) is 3.37. The zero-order valence-electron chi connectivity index (χ0n) is 8.60. The highest BCUT2D eigenvalue weighted by Crippen LogP contribution is 2.13. The average molecular weight is 360 g/mol. The molecule has 2 N–H and O–H groups in total. The smallest absolute Gasteiger partial charge is 0.265 e. The van der Waals surface area contributed by atoms with Crippen molar-refractivity contribution in [2.24, 2.45) is 0 Å². The minimum Gasteiger partial charge on any atom is -0.382 e. The number of aromatic nitrogens is 3. The van der Waals surface area contributed by atoms with Crippen LogP contribution in [0.25, 0.3) is 0 Å². The van der Waals surface area contributed by atoms with Gasteiger partial charge in [-0.3, -0.25) is 9.78 Å². The quantitative estimate of drug-likeness (QED) is 0.887. The fraction of sp³-hybridized carbons (Fsp3) is 0.100. The molecule has 2 aromatic heterocycles. The molecule has 0 unspecified atom stereocenters. The van der Waals surface area contributed by atoms with Gasteiger partial charge < -0.3 is 10.3 Å². The van der Waals surface area contributed by atoms with Gasteiger partial charge in [-0.1, -0.05) is 0 Å². The van der Waals surface area contributed by atoms with Crippen LogP contribution in [0.1, 0.15) is 5.69 Å². The van der Waals surface area contributed by atoms with Crippen LogP contribution >= 0.6 is 31.9 Å². The molecule has 0 amide bonds. The van der Waals surface area contributed by atoms with Crippen LogP contribution in [-0.2, 0) is 6.54 Å². The fourth-order valence-corrected chi connectivity index (χ4v) is 2.56. The molecule has 2 heterocycles. The third kappa shape index (κ3) is 2.92. The predicted octanol–water partition coefficient (Wildman–Crippen LogP) is 1.79. The molecular weight excluding hydrogens is 352 g/mol. The maximum absolute atomic E-state index is 11.8. The molecule has 5 nitrogen and oxygen atoms in total. The van der Waals surface area contributed by atoms with E-state index in [9.17, 15) is 4.79 Å². The van der Waals surface area contributed by atoms with Crippen LogP contribution in [0, 0.1) is 0 Å². The largest absolute Gasteiger partial charge is 0.382 e. The van der Waals surface area contributed by atoms with Gasteiger partial charge in [0, 0.05) is 10.7 Å². The maximum Gasteiger partial charge on any atom is 0.265 e. The summed E-state index contributed by atoms with van der Waals surface area (Å²) >= 11 is 6.53. The Bertz CT molecular complexity index is 594. The van der Waals surface area contributed by atoms with Gasteiger partial charge in [-0.05, 0) is 37.9 Å². The molecule has 88 valence electrons.